The maximum Gasteiger partial charge on any atom is 0.182 e. The molecule has 84 valence electrons. The van der Waals surface area contributed by atoms with Crippen LogP contribution in [0.2, 0.25) is 5.15 Å². The molecule has 2 heterocycles. The minimum Gasteiger partial charge on any atom is -0.334 e. The normalized spacial score (nSPS) is 10.9. The van der Waals surface area contributed by atoms with E-state index in [9.17, 15) is 4.39 Å². The summed E-state index contributed by atoms with van der Waals surface area (Å²) in [4.78, 5) is 14.9. The van der Waals surface area contributed by atoms with E-state index in [-0.39, 0.29) is 11.0 Å². The lowest BCUT2D eigenvalue weighted by Gasteiger charge is -1.96. The Balaban J connectivity index is 2.26. The number of benzene rings is 1. The van der Waals surface area contributed by atoms with E-state index in [2.05, 4.69) is 19.9 Å². The first-order chi connectivity index (χ1) is 8.25. The highest BCUT2D eigenvalue weighted by Gasteiger charge is 2.12. The number of aromatic nitrogens is 4. The first-order valence-corrected chi connectivity index (χ1v) is 5.24. The second kappa shape index (κ2) is 3.78. The van der Waals surface area contributed by atoms with Crippen molar-refractivity contribution in [1.29, 1.82) is 0 Å². The summed E-state index contributed by atoms with van der Waals surface area (Å²) < 4.78 is 13.6. The minimum atomic E-state index is -0.351. The lowest BCUT2D eigenvalue weighted by Crippen LogP contribution is -1.85. The second-order valence-electron chi connectivity index (χ2n) is 3.43. The summed E-state index contributed by atoms with van der Waals surface area (Å²) in [7, 11) is 0. The highest BCUT2D eigenvalue weighted by molar-refractivity contribution is 6.33. The molecule has 0 spiro atoms. The summed E-state index contributed by atoms with van der Waals surface area (Å²) in [5.41, 5.74) is 1.30. The molecular formula is C11H6ClFN4. The number of rotatable bonds is 1. The van der Waals surface area contributed by atoms with Gasteiger partial charge in [-0.25, -0.2) is 19.3 Å². The fourth-order valence-corrected chi connectivity index (χ4v) is 1.76. The third kappa shape index (κ3) is 1.64. The summed E-state index contributed by atoms with van der Waals surface area (Å²) in [6, 6.07) is 6.36. The third-order valence-corrected chi connectivity index (χ3v) is 2.66. The van der Waals surface area contributed by atoms with E-state index in [0.29, 0.717) is 22.6 Å². The molecule has 0 radical (unpaired) electrons. The van der Waals surface area contributed by atoms with Crippen LogP contribution in [0.1, 0.15) is 0 Å². The van der Waals surface area contributed by atoms with Crippen LogP contribution in [0.4, 0.5) is 4.39 Å². The SMILES string of the molecule is Fc1ccccc1-c1nc2ncnc(Cl)c2[nH]1. The molecule has 0 amide bonds. The Morgan fingerprint density at radius 1 is 1.18 bits per heavy atom. The van der Waals surface area contributed by atoms with Crippen molar-refractivity contribution in [3.8, 4) is 11.4 Å². The Morgan fingerprint density at radius 3 is 2.76 bits per heavy atom. The fraction of sp³-hybridized carbons (Fsp3) is 0. The molecule has 0 bridgehead atoms. The molecule has 3 aromatic rings. The summed E-state index contributed by atoms with van der Waals surface area (Å²) >= 11 is 5.88. The van der Waals surface area contributed by atoms with Gasteiger partial charge in [0.1, 0.15) is 23.5 Å². The van der Waals surface area contributed by atoms with Crippen molar-refractivity contribution in [2.75, 3.05) is 0 Å². The van der Waals surface area contributed by atoms with Gasteiger partial charge < -0.3 is 4.98 Å². The van der Waals surface area contributed by atoms with Crippen molar-refractivity contribution in [1.82, 2.24) is 19.9 Å². The van der Waals surface area contributed by atoms with E-state index < -0.39 is 0 Å². The van der Waals surface area contributed by atoms with Gasteiger partial charge >= 0.3 is 0 Å². The molecule has 4 nitrogen and oxygen atoms in total. The van der Waals surface area contributed by atoms with Crippen molar-refractivity contribution < 1.29 is 4.39 Å². The number of halogens is 2. The zero-order valence-corrected chi connectivity index (χ0v) is 9.24. The van der Waals surface area contributed by atoms with E-state index in [1.54, 1.807) is 18.2 Å². The maximum atomic E-state index is 13.6. The van der Waals surface area contributed by atoms with E-state index in [1.807, 2.05) is 0 Å². The number of nitrogens with one attached hydrogen (secondary N) is 1. The van der Waals surface area contributed by atoms with Crippen LogP contribution in [-0.2, 0) is 0 Å². The molecule has 0 fully saturated rings. The molecule has 0 saturated heterocycles. The quantitative estimate of drug-likeness (QED) is 0.674. The number of nitrogens with zero attached hydrogens (tertiary/aromatic N) is 3. The van der Waals surface area contributed by atoms with Gasteiger partial charge in [-0.15, -0.1) is 0 Å². The average Bonchev–Trinajstić information content (AvgIpc) is 2.75. The summed E-state index contributed by atoms with van der Waals surface area (Å²) in [5.74, 6) is 0.0381. The van der Waals surface area contributed by atoms with E-state index in [1.165, 1.54) is 12.4 Å². The van der Waals surface area contributed by atoms with Gasteiger partial charge in [-0.2, -0.15) is 0 Å². The molecule has 2 aromatic heterocycles. The summed E-state index contributed by atoms with van der Waals surface area (Å²) in [5, 5.41) is 0.269. The zero-order chi connectivity index (χ0) is 11.8. The molecule has 1 aromatic carbocycles. The molecule has 0 unspecified atom stereocenters. The van der Waals surface area contributed by atoms with Crippen LogP contribution in [0, 0.1) is 5.82 Å². The zero-order valence-electron chi connectivity index (χ0n) is 8.48. The lowest BCUT2D eigenvalue weighted by atomic mass is 10.2. The first kappa shape index (κ1) is 10.2. The Hall–Kier alpha value is -2.01. The lowest BCUT2D eigenvalue weighted by molar-refractivity contribution is 0.630. The molecule has 0 aliphatic heterocycles. The van der Waals surface area contributed by atoms with E-state index >= 15 is 0 Å². The van der Waals surface area contributed by atoms with Gasteiger partial charge in [0.2, 0.25) is 0 Å². The number of fused-ring (bicyclic) bond motifs is 1. The van der Waals surface area contributed by atoms with E-state index in [0.717, 1.165) is 0 Å². The number of hydrogen-bond donors (Lipinski definition) is 1. The number of aromatic amines is 1. The van der Waals surface area contributed by atoms with Crippen molar-refractivity contribution in [2.24, 2.45) is 0 Å². The highest BCUT2D eigenvalue weighted by Crippen LogP contribution is 2.24. The molecule has 0 aliphatic rings. The van der Waals surface area contributed by atoms with E-state index in [4.69, 9.17) is 11.6 Å². The fourth-order valence-electron chi connectivity index (χ4n) is 1.58. The van der Waals surface area contributed by atoms with Gasteiger partial charge in [-0.1, -0.05) is 23.7 Å². The van der Waals surface area contributed by atoms with Crippen molar-refractivity contribution in [3.05, 3.63) is 41.6 Å². The van der Waals surface area contributed by atoms with Crippen molar-refractivity contribution >= 4 is 22.8 Å². The van der Waals surface area contributed by atoms with Gasteiger partial charge in [-0.3, -0.25) is 0 Å². The maximum absolute atomic E-state index is 13.6. The number of H-pyrrole nitrogens is 1. The number of imidazole rings is 1. The molecule has 1 N–H and O–H groups in total. The van der Waals surface area contributed by atoms with Crippen LogP contribution >= 0.6 is 11.6 Å². The molecule has 6 heteroatoms. The summed E-state index contributed by atoms with van der Waals surface area (Å²) in [6.07, 6.45) is 1.32. The Labute approximate surface area is 101 Å². The van der Waals surface area contributed by atoms with Gasteiger partial charge in [0.25, 0.3) is 0 Å². The smallest absolute Gasteiger partial charge is 0.182 e. The molecule has 0 aliphatic carbocycles. The third-order valence-electron chi connectivity index (χ3n) is 2.37. The van der Waals surface area contributed by atoms with Crippen LogP contribution in [0.3, 0.4) is 0 Å². The number of hydrogen-bond acceptors (Lipinski definition) is 3. The predicted molar refractivity (Wildman–Crippen MR) is 62.1 cm³/mol. The van der Waals surface area contributed by atoms with Gasteiger partial charge in [-0.05, 0) is 12.1 Å². The Bertz CT molecular complexity index is 695. The van der Waals surface area contributed by atoms with Gasteiger partial charge in [0, 0.05) is 0 Å². The highest BCUT2D eigenvalue weighted by atomic mass is 35.5. The van der Waals surface area contributed by atoms with Crippen LogP contribution < -0.4 is 0 Å². The largest absolute Gasteiger partial charge is 0.334 e. The van der Waals surface area contributed by atoms with Crippen LogP contribution in [-0.4, -0.2) is 19.9 Å². The van der Waals surface area contributed by atoms with Crippen molar-refractivity contribution in [2.45, 2.75) is 0 Å². The average molecular weight is 249 g/mol. The van der Waals surface area contributed by atoms with Crippen LogP contribution in [0.5, 0.6) is 0 Å². The second-order valence-corrected chi connectivity index (χ2v) is 3.79. The molecule has 17 heavy (non-hydrogen) atoms. The Kier molecular flexibility index (Phi) is 2.26. The molecule has 0 atom stereocenters. The molecule has 0 saturated carbocycles. The molecular weight excluding hydrogens is 243 g/mol. The monoisotopic (exact) mass is 248 g/mol. The predicted octanol–water partition coefficient (Wildman–Crippen LogP) is 2.81. The van der Waals surface area contributed by atoms with Gasteiger partial charge in [0.05, 0.1) is 5.56 Å². The molecule has 3 rings (SSSR count). The van der Waals surface area contributed by atoms with Gasteiger partial charge in [0.15, 0.2) is 10.8 Å². The standard InChI is InChI=1S/C11H6ClFN4/c12-9-8-11(15-5-14-9)17-10(16-8)6-3-1-2-4-7(6)13/h1-5H,(H,14,15,16,17). The first-order valence-electron chi connectivity index (χ1n) is 4.87. The minimum absolute atomic E-state index is 0.269. The Morgan fingerprint density at radius 2 is 2.00 bits per heavy atom. The van der Waals surface area contributed by atoms with Crippen LogP contribution in [0.15, 0.2) is 30.6 Å². The van der Waals surface area contributed by atoms with Crippen molar-refractivity contribution in [3.63, 3.8) is 0 Å². The van der Waals surface area contributed by atoms with Crippen LogP contribution in [0.25, 0.3) is 22.6 Å². The summed E-state index contributed by atoms with van der Waals surface area (Å²) in [6.45, 7) is 0. The topological polar surface area (TPSA) is 54.5 Å².